The molecule has 0 fully saturated rings. The quantitative estimate of drug-likeness (QED) is 0.581. The molecule has 2 amide bonds. The summed E-state index contributed by atoms with van der Waals surface area (Å²) in [6.07, 6.45) is 1.64. The second-order valence-electron chi connectivity index (χ2n) is 5.46. The minimum absolute atomic E-state index is 0.120. The van der Waals surface area contributed by atoms with Crippen LogP contribution < -0.4 is 0 Å². The highest BCUT2D eigenvalue weighted by Crippen LogP contribution is 2.22. The van der Waals surface area contributed by atoms with Crippen molar-refractivity contribution >= 4 is 17.8 Å². The molecule has 0 radical (unpaired) electrons. The van der Waals surface area contributed by atoms with E-state index < -0.39 is 5.97 Å². The second kappa shape index (κ2) is 7.17. The number of unbranched alkanes of at least 4 members (excludes halogenated alkanes) is 1. The summed E-state index contributed by atoms with van der Waals surface area (Å²) in [5.74, 6) is -1.25. The fraction of sp³-hybridized carbons (Fsp3) is 0.438. The minimum Gasteiger partial charge on any atom is -0.481 e. The van der Waals surface area contributed by atoms with Crippen LogP contribution in [0.4, 0.5) is 0 Å². The molecule has 22 heavy (non-hydrogen) atoms. The first-order chi connectivity index (χ1) is 10.5. The lowest BCUT2D eigenvalue weighted by molar-refractivity contribution is -0.137. The lowest BCUT2D eigenvalue weighted by atomic mass is 10.1. The number of carbonyl (C=O) groups is 3. The van der Waals surface area contributed by atoms with Crippen LogP contribution in [-0.2, 0) is 4.79 Å². The molecule has 0 aliphatic carbocycles. The standard InChI is InChI=1S/C16H20N2O4/c1-17(11-8-14(19)20)9-4-5-10-18-15(21)12-6-2-3-7-13(12)16(18)22/h2-3,6-7H,4-5,8-11H2,1H3,(H,19,20). The van der Waals surface area contributed by atoms with E-state index in [-0.39, 0.29) is 18.2 Å². The molecule has 0 spiro atoms. The molecule has 1 aliphatic heterocycles. The number of carbonyl (C=O) groups excluding carboxylic acids is 2. The fourth-order valence-corrected chi connectivity index (χ4v) is 2.49. The summed E-state index contributed by atoms with van der Waals surface area (Å²) in [7, 11) is 1.87. The Balaban J connectivity index is 1.76. The molecule has 1 aliphatic rings. The normalized spacial score (nSPS) is 13.8. The highest BCUT2D eigenvalue weighted by Gasteiger charge is 2.34. The van der Waals surface area contributed by atoms with Gasteiger partial charge >= 0.3 is 5.97 Å². The molecular weight excluding hydrogens is 284 g/mol. The number of hydrogen-bond donors (Lipinski definition) is 1. The molecular formula is C16H20N2O4. The highest BCUT2D eigenvalue weighted by atomic mass is 16.4. The van der Waals surface area contributed by atoms with Gasteiger partial charge in [-0.1, -0.05) is 12.1 Å². The van der Waals surface area contributed by atoms with Gasteiger partial charge in [0, 0.05) is 13.1 Å². The fourth-order valence-electron chi connectivity index (χ4n) is 2.49. The molecule has 1 N–H and O–H groups in total. The maximum atomic E-state index is 12.1. The van der Waals surface area contributed by atoms with Crippen molar-refractivity contribution in [2.24, 2.45) is 0 Å². The molecule has 6 heteroatoms. The number of carboxylic acid groups (broad SMARTS) is 1. The zero-order chi connectivity index (χ0) is 16.1. The Kier molecular flexibility index (Phi) is 5.27. The highest BCUT2D eigenvalue weighted by molar-refractivity contribution is 6.21. The summed E-state index contributed by atoms with van der Waals surface area (Å²) >= 11 is 0. The SMILES string of the molecule is CN(CCCCN1C(=O)c2ccccc2C1=O)CCC(=O)O. The van der Waals surface area contributed by atoms with E-state index in [2.05, 4.69) is 0 Å². The minimum atomic E-state index is -0.808. The lowest BCUT2D eigenvalue weighted by Gasteiger charge is -2.17. The number of imide groups is 1. The zero-order valence-corrected chi connectivity index (χ0v) is 12.6. The first-order valence-corrected chi connectivity index (χ1v) is 7.36. The summed E-state index contributed by atoms with van der Waals surface area (Å²) in [6, 6.07) is 6.86. The Hall–Kier alpha value is -2.21. The monoisotopic (exact) mass is 304 g/mol. The van der Waals surface area contributed by atoms with Crippen LogP contribution >= 0.6 is 0 Å². The Morgan fingerprint density at radius 3 is 2.23 bits per heavy atom. The van der Waals surface area contributed by atoms with Crippen LogP contribution in [0.15, 0.2) is 24.3 Å². The van der Waals surface area contributed by atoms with Crippen molar-refractivity contribution in [3.63, 3.8) is 0 Å². The molecule has 0 unspecified atom stereocenters. The van der Waals surface area contributed by atoms with E-state index >= 15 is 0 Å². The smallest absolute Gasteiger partial charge is 0.304 e. The van der Waals surface area contributed by atoms with E-state index in [1.807, 2.05) is 11.9 Å². The van der Waals surface area contributed by atoms with Gasteiger partial charge in [0.05, 0.1) is 17.5 Å². The Morgan fingerprint density at radius 2 is 1.68 bits per heavy atom. The van der Waals surface area contributed by atoms with E-state index in [0.29, 0.717) is 30.6 Å². The number of amides is 2. The molecule has 0 saturated heterocycles. The number of carboxylic acids is 1. The van der Waals surface area contributed by atoms with Gasteiger partial charge in [-0.3, -0.25) is 19.3 Å². The van der Waals surface area contributed by atoms with Gasteiger partial charge in [-0.2, -0.15) is 0 Å². The number of rotatable bonds is 8. The first kappa shape index (κ1) is 16.2. The van der Waals surface area contributed by atoms with E-state index in [0.717, 1.165) is 13.0 Å². The Morgan fingerprint density at radius 1 is 1.09 bits per heavy atom. The average molecular weight is 304 g/mol. The number of fused-ring (bicyclic) bond motifs is 1. The molecule has 0 saturated carbocycles. The molecule has 1 aromatic rings. The van der Waals surface area contributed by atoms with Crippen LogP contribution in [0.2, 0.25) is 0 Å². The van der Waals surface area contributed by atoms with Crippen molar-refractivity contribution in [1.29, 1.82) is 0 Å². The van der Waals surface area contributed by atoms with Gasteiger partial charge in [0.2, 0.25) is 0 Å². The predicted molar refractivity (Wildman–Crippen MR) is 80.8 cm³/mol. The van der Waals surface area contributed by atoms with E-state index in [9.17, 15) is 14.4 Å². The molecule has 1 heterocycles. The number of aliphatic carboxylic acids is 1. The molecule has 118 valence electrons. The predicted octanol–water partition coefficient (Wildman–Crippen LogP) is 1.47. The third-order valence-corrected chi connectivity index (χ3v) is 3.76. The van der Waals surface area contributed by atoms with Crippen LogP contribution in [0.3, 0.4) is 0 Å². The third kappa shape index (κ3) is 3.71. The van der Waals surface area contributed by atoms with Gasteiger partial charge in [0.1, 0.15) is 0 Å². The van der Waals surface area contributed by atoms with Gasteiger partial charge in [0.15, 0.2) is 0 Å². The summed E-state index contributed by atoms with van der Waals surface area (Å²) in [4.78, 5) is 38.0. The summed E-state index contributed by atoms with van der Waals surface area (Å²) < 4.78 is 0. The van der Waals surface area contributed by atoms with Crippen molar-refractivity contribution in [1.82, 2.24) is 9.80 Å². The molecule has 0 bridgehead atoms. The van der Waals surface area contributed by atoms with Crippen molar-refractivity contribution in [2.45, 2.75) is 19.3 Å². The van der Waals surface area contributed by atoms with Crippen molar-refractivity contribution in [3.8, 4) is 0 Å². The van der Waals surface area contributed by atoms with Crippen LogP contribution in [0.1, 0.15) is 40.0 Å². The van der Waals surface area contributed by atoms with E-state index in [4.69, 9.17) is 5.11 Å². The van der Waals surface area contributed by atoms with Gasteiger partial charge < -0.3 is 10.0 Å². The summed E-state index contributed by atoms with van der Waals surface area (Å²) in [6.45, 7) is 1.65. The van der Waals surface area contributed by atoms with Gasteiger partial charge in [-0.25, -0.2) is 0 Å². The third-order valence-electron chi connectivity index (χ3n) is 3.76. The molecule has 1 aromatic carbocycles. The number of benzene rings is 1. The molecule has 6 nitrogen and oxygen atoms in total. The topological polar surface area (TPSA) is 77.9 Å². The van der Waals surface area contributed by atoms with Gasteiger partial charge in [-0.15, -0.1) is 0 Å². The average Bonchev–Trinajstić information content (AvgIpc) is 2.74. The van der Waals surface area contributed by atoms with Crippen molar-refractivity contribution in [2.75, 3.05) is 26.7 Å². The van der Waals surface area contributed by atoms with Gasteiger partial charge in [0.25, 0.3) is 11.8 Å². The second-order valence-corrected chi connectivity index (χ2v) is 5.46. The first-order valence-electron chi connectivity index (χ1n) is 7.36. The van der Waals surface area contributed by atoms with Crippen LogP contribution in [-0.4, -0.2) is 59.4 Å². The Labute approximate surface area is 129 Å². The van der Waals surface area contributed by atoms with Crippen LogP contribution in [0, 0.1) is 0 Å². The largest absolute Gasteiger partial charge is 0.481 e. The molecule has 0 atom stereocenters. The molecule has 0 aromatic heterocycles. The van der Waals surface area contributed by atoms with Crippen LogP contribution in [0.5, 0.6) is 0 Å². The van der Waals surface area contributed by atoms with Gasteiger partial charge in [-0.05, 0) is 38.6 Å². The van der Waals surface area contributed by atoms with Crippen LogP contribution in [0.25, 0.3) is 0 Å². The summed E-state index contributed by atoms with van der Waals surface area (Å²) in [5, 5.41) is 8.61. The number of hydrogen-bond acceptors (Lipinski definition) is 4. The van der Waals surface area contributed by atoms with Crippen molar-refractivity contribution in [3.05, 3.63) is 35.4 Å². The lowest BCUT2D eigenvalue weighted by Crippen LogP contribution is -2.31. The zero-order valence-electron chi connectivity index (χ0n) is 12.6. The Bertz CT molecular complexity index is 550. The maximum absolute atomic E-state index is 12.1. The van der Waals surface area contributed by atoms with E-state index in [1.54, 1.807) is 24.3 Å². The van der Waals surface area contributed by atoms with E-state index in [1.165, 1.54) is 4.90 Å². The summed E-state index contributed by atoms with van der Waals surface area (Å²) in [5.41, 5.74) is 0.956. The molecule has 2 rings (SSSR count). The number of nitrogens with zero attached hydrogens (tertiary/aromatic N) is 2. The van der Waals surface area contributed by atoms with Crippen molar-refractivity contribution < 1.29 is 19.5 Å². The maximum Gasteiger partial charge on any atom is 0.304 e.